The van der Waals surface area contributed by atoms with Crippen molar-refractivity contribution in [1.82, 2.24) is 10.6 Å². The van der Waals surface area contributed by atoms with Crippen molar-refractivity contribution in [1.29, 1.82) is 0 Å². The van der Waals surface area contributed by atoms with Gasteiger partial charge < -0.3 is 15.7 Å². The predicted molar refractivity (Wildman–Crippen MR) is 69.2 cm³/mol. The normalized spacial score (nSPS) is 24.6. The Morgan fingerprint density at radius 2 is 2.00 bits per heavy atom. The number of carbonyl (C=O) groups is 2. The highest BCUT2D eigenvalue weighted by molar-refractivity contribution is 5.81. The second-order valence-corrected chi connectivity index (χ2v) is 5.74. The number of carboxylic acids is 1. The van der Waals surface area contributed by atoms with Crippen LogP contribution in [-0.2, 0) is 9.59 Å². The smallest absolute Gasteiger partial charge is 0.306 e. The maximum absolute atomic E-state index is 11.6. The van der Waals surface area contributed by atoms with Gasteiger partial charge in [0.15, 0.2) is 0 Å². The zero-order valence-corrected chi connectivity index (χ0v) is 11.5. The molecular formula is C13H24N2O3. The van der Waals surface area contributed by atoms with Crippen molar-refractivity contribution < 1.29 is 14.7 Å². The molecule has 1 fully saturated rings. The molecule has 0 saturated heterocycles. The standard InChI is InChI=1S/C13H24N2O3/c1-13(2,12(18)14-3)8-15-10-6-4-5-9(7-10)11(16)17/h9-10,15H,4-8H2,1-3H3,(H,14,18)(H,16,17). The fraction of sp³-hybridized carbons (Fsp3) is 0.846. The van der Waals surface area contributed by atoms with Crippen molar-refractivity contribution in [2.75, 3.05) is 13.6 Å². The Balaban J connectivity index is 2.43. The number of hydrogen-bond donors (Lipinski definition) is 3. The van der Waals surface area contributed by atoms with Gasteiger partial charge in [-0.05, 0) is 33.1 Å². The lowest BCUT2D eigenvalue weighted by Crippen LogP contribution is -2.46. The van der Waals surface area contributed by atoms with E-state index in [1.165, 1.54) is 0 Å². The largest absolute Gasteiger partial charge is 0.481 e. The summed E-state index contributed by atoms with van der Waals surface area (Å²) >= 11 is 0. The molecule has 0 aromatic rings. The van der Waals surface area contributed by atoms with E-state index in [4.69, 9.17) is 5.11 Å². The minimum atomic E-state index is -0.702. The molecule has 0 radical (unpaired) electrons. The van der Waals surface area contributed by atoms with Gasteiger partial charge in [-0.15, -0.1) is 0 Å². The van der Waals surface area contributed by atoms with Crippen LogP contribution in [0.25, 0.3) is 0 Å². The summed E-state index contributed by atoms with van der Waals surface area (Å²) in [7, 11) is 1.63. The third-order valence-corrected chi connectivity index (χ3v) is 3.70. The van der Waals surface area contributed by atoms with Gasteiger partial charge >= 0.3 is 5.97 Å². The van der Waals surface area contributed by atoms with Gasteiger partial charge in [0.1, 0.15) is 0 Å². The first-order valence-electron chi connectivity index (χ1n) is 6.55. The van der Waals surface area contributed by atoms with Crippen LogP contribution < -0.4 is 10.6 Å². The summed E-state index contributed by atoms with van der Waals surface area (Å²) in [6, 6.07) is 0.212. The Hall–Kier alpha value is -1.10. The van der Waals surface area contributed by atoms with Crippen LogP contribution in [0, 0.1) is 11.3 Å². The number of hydrogen-bond acceptors (Lipinski definition) is 3. The van der Waals surface area contributed by atoms with Crippen LogP contribution in [-0.4, -0.2) is 36.6 Å². The summed E-state index contributed by atoms with van der Waals surface area (Å²) in [5.41, 5.74) is -0.467. The average molecular weight is 256 g/mol. The molecule has 1 aliphatic carbocycles. The fourth-order valence-corrected chi connectivity index (χ4v) is 2.42. The molecule has 5 heteroatoms. The molecule has 0 aliphatic heterocycles. The first-order valence-corrected chi connectivity index (χ1v) is 6.55. The predicted octanol–water partition coefficient (Wildman–Crippen LogP) is 0.992. The lowest BCUT2D eigenvalue weighted by molar-refractivity contribution is -0.143. The van der Waals surface area contributed by atoms with Gasteiger partial charge in [0, 0.05) is 19.6 Å². The molecule has 0 aromatic carbocycles. The van der Waals surface area contributed by atoms with E-state index in [-0.39, 0.29) is 17.9 Å². The molecule has 0 heterocycles. The Morgan fingerprint density at radius 1 is 1.33 bits per heavy atom. The van der Waals surface area contributed by atoms with Gasteiger partial charge in [-0.2, -0.15) is 0 Å². The summed E-state index contributed by atoms with van der Waals surface area (Å²) in [4.78, 5) is 22.6. The number of rotatable bonds is 5. The van der Waals surface area contributed by atoms with Gasteiger partial charge in [0.05, 0.1) is 11.3 Å². The lowest BCUT2D eigenvalue weighted by Gasteiger charge is -2.31. The van der Waals surface area contributed by atoms with Crippen LogP contribution >= 0.6 is 0 Å². The van der Waals surface area contributed by atoms with Gasteiger partial charge in [0.25, 0.3) is 0 Å². The molecule has 18 heavy (non-hydrogen) atoms. The van der Waals surface area contributed by atoms with Crippen molar-refractivity contribution in [3.8, 4) is 0 Å². The first-order chi connectivity index (χ1) is 8.36. The van der Waals surface area contributed by atoms with Crippen LogP contribution in [0.15, 0.2) is 0 Å². The van der Waals surface area contributed by atoms with E-state index in [0.717, 1.165) is 19.3 Å². The molecule has 5 nitrogen and oxygen atoms in total. The van der Waals surface area contributed by atoms with Gasteiger partial charge in [-0.3, -0.25) is 9.59 Å². The molecule has 0 aromatic heterocycles. The topological polar surface area (TPSA) is 78.4 Å². The Morgan fingerprint density at radius 3 is 2.56 bits per heavy atom. The van der Waals surface area contributed by atoms with Crippen LogP contribution in [0.4, 0.5) is 0 Å². The molecule has 1 amide bonds. The van der Waals surface area contributed by atoms with Gasteiger partial charge in [-0.25, -0.2) is 0 Å². The highest BCUT2D eigenvalue weighted by atomic mass is 16.4. The highest BCUT2D eigenvalue weighted by Crippen LogP contribution is 2.25. The van der Waals surface area contributed by atoms with E-state index in [1.807, 2.05) is 13.8 Å². The minimum absolute atomic E-state index is 0.000550. The van der Waals surface area contributed by atoms with Crippen LogP contribution in [0.3, 0.4) is 0 Å². The van der Waals surface area contributed by atoms with E-state index >= 15 is 0 Å². The molecule has 0 spiro atoms. The van der Waals surface area contributed by atoms with Crippen molar-refractivity contribution in [3.05, 3.63) is 0 Å². The molecule has 1 rings (SSSR count). The molecule has 2 atom stereocenters. The Labute approximate surface area is 108 Å². The van der Waals surface area contributed by atoms with E-state index in [1.54, 1.807) is 7.05 Å². The Bertz CT molecular complexity index is 315. The van der Waals surface area contributed by atoms with E-state index in [0.29, 0.717) is 13.0 Å². The number of aliphatic carboxylic acids is 1. The van der Waals surface area contributed by atoms with Crippen LogP contribution in [0.1, 0.15) is 39.5 Å². The molecular weight excluding hydrogens is 232 g/mol. The molecule has 3 N–H and O–H groups in total. The molecule has 1 aliphatic rings. The number of nitrogens with one attached hydrogen (secondary N) is 2. The van der Waals surface area contributed by atoms with Gasteiger partial charge in [0.2, 0.25) is 5.91 Å². The number of amides is 1. The molecule has 0 bridgehead atoms. The fourth-order valence-electron chi connectivity index (χ4n) is 2.42. The number of carbonyl (C=O) groups excluding carboxylic acids is 1. The second-order valence-electron chi connectivity index (χ2n) is 5.74. The maximum atomic E-state index is 11.6. The van der Waals surface area contributed by atoms with Crippen molar-refractivity contribution in [2.24, 2.45) is 11.3 Å². The first kappa shape index (κ1) is 15.0. The second kappa shape index (κ2) is 6.18. The number of carboxylic acid groups (broad SMARTS) is 1. The summed E-state index contributed by atoms with van der Waals surface area (Å²) < 4.78 is 0. The Kier molecular flexibility index (Phi) is 5.14. The average Bonchev–Trinajstić information content (AvgIpc) is 2.35. The lowest BCUT2D eigenvalue weighted by atomic mass is 9.84. The minimum Gasteiger partial charge on any atom is -0.481 e. The zero-order chi connectivity index (χ0) is 13.8. The summed E-state index contributed by atoms with van der Waals surface area (Å²) in [6.07, 6.45) is 3.37. The van der Waals surface area contributed by atoms with E-state index in [2.05, 4.69) is 10.6 Å². The van der Waals surface area contributed by atoms with E-state index in [9.17, 15) is 9.59 Å². The maximum Gasteiger partial charge on any atom is 0.306 e. The van der Waals surface area contributed by atoms with Crippen molar-refractivity contribution >= 4 is 11.9 Å². The monoisotopic (exact) mass is 256 g/mol. The quantitative estimate of drug-likeness (QED) is 0.685. The van der Waals surface area contributed by atoms with Gasteiger partial charge in [-0.1, -0.05) is 6.42 Å². The highest BCUT2D eigenvalue weighted by Gasteiger charge is 2.30. The van der Waals surface area contributed by atoms with Crippen LogP contribution in [0.5, 0.6) is 0 Å². The third kappa shape index (κ3) is 3.98. The SMILES string of the molecule is CNC(=O)C(C)(C)CNC1CCCC(C(=O)O)C1. The molecule has 1 saturated carbocycles. The van der Waals surface area contributed by atoms with Crippen molar-refractivity contribution in [2.45, 2.75) is 45.6 Å². The summed E-state index contributed by atoms with van der Waals surface area (Å²) in [5, 5.41) is 15.0. The molecule has 104 valence electrons. The molecule has 2 unspecified atom stereocenters. The van der Waals surface area contributed by atoms with Crippen molar-refractivity contribution in [3.63, 3.8) is 0 Å². The third-order valence-electron chi connectivity index (χ3n) is 3.70. The summed E-state index contributed by atoms with van der Waals surface area (Å²) in [6.45, 7) is 4.34. The summed E-state index contributed by atoms with van der Waals surface area (Å²) in [5.74, 6) is -0.938. The van der Waals surface area contributed by atoms with E-state index < -0.39 is 11.4 Å². The zero-order valence-electron chi connectivity index (χ0n) is 11.5. The van der Waals surface area contributed by atoms with Crippen LogP contribution in [0.2, 0.25) is 0 Å².